The van der Waals surface area contributed by atoms with Crippen LogP contribution in [0, 0.1) is 0 Å². The van der Waals surface area contributed by atoms with Gasteiger partial charge in [-0.25, -0.2) is 4.79 Å². The van der Waals surface area contributed by atoms with E-state index in [0.29, 0.717) is 22.8 Å². The molecule has 1 atom stereocenters. The maximum absolute atomic E-state index is 12.9. The molecule has 2 heterocycles. The maximum Gasteiger partial charge on any atom is 0.336 e. The van der Waals surface area contributed by atoms with E-state index in [-0.39, 0.29) is 31.4 Å². The topological polar surface area (TPSA) is 79.0 Å². The standard InChI is InChI=1S/C23H30ClN3O4/c1-3-31-23(30)22-16(2)27(15-20(28)25-10-13-26-11-4-5-12-26)21(29)14-19(22)17-6-8-18(24)9-7-17/h6-9,19H,3-5,10-15H2,1-2H3,(H,25,28). The second kappa shape index (κ2) is 10.8. The number of halogens is 1. The van der Waals surface area contributed by atoms with Crippen LogP contribution < -0.4 is 5.32 Å². The van der Waals surface area contributed by atoms with E-state index in [0.717, 1.165) is 25.2 Å². The van der Waals surface area contributed by atoms with Crippen molar-refractivity contribution in [3.63, 3.8) is 0 Å². The van der Waals surface area contributed by atoms with E-state index >= 15 is 0 Å². The number of carbonyl (C=O) groups excluding carboxylic acids is 3. The molecule has 0 aromatic heterocycles. The van der Waals surface area contributed by atoms with Gasteiger partial charge >= 0.3 is 5.97 Å². The summed E-state index contributed by atoms with van der Waals surface area (Å²) >= 11 is 5.99. The second-order valence-corrected chi connectivity index (χ2v) is 8.34. The van der Waals surface area contributed by atoms with Crippen LogP contribution in [0.15, 0.2) is 35.5 Å². The molecule has 8 heteroatoms. The summed E-state index contributed by atoms with van der Waals surface area (Å²) in [6, 6.07) is 7.10. The number of amides is 2. The lowest BCUT2D eigenvalue weighted by Gasteiger charge is -2.34. The molecule has 1 saturated heterocycles. The van der Waals surface area contributed by atoms with E-state index < -0.39 is 11.9 Å². The number of allylic oxidation sites excluding steroid dienone is 1. The van der Waals surface area contributed by atoms with Crippen LogP contribution in [-0.2, 0) is 19.1 Å². The average molecular weight is 448 g/mol. The van der Waals surface area contributed by atoms with Crippen LogP contribution in [-0.4, -0.2) is 66.9 Å². The van der Waals surface area contributed by atoms with Crippen LogP contribution >= 0.6 is 11.6 Å². The van der Waals surface area contributed by atoms with E-state index in [1.165, 1.54) is 17.7 Å². The largest absolute Gasteiger partial charge is 0.463 e. The van der Waals surface area contributed by atoms with E-state index in [1.807, 2.05) is 12.1 Å². The van der Waals surface area contributed by atoms with Crippen molar-refractivity contribution in [1.82, 2.24) is 15.1 Å². The van der Waals surface area contributed by atoms with Gasteiger partial charge in [0, 0.05) is 36.1 Å². The number of carbonyl (C=O) groups is 3. The van der Waals surface area contributed by atoms with Crippen molar-refractivity contribution in [2.45, 2.75) is 39.0 Å². The molecule has 2 aliphatic heterocycles. The molecular formula is C23H30ClN3O4. The lowest BCUT2D eigenvalue weighted by molar-refractivity contribution is -0.141. The fraction of sp³-hybridized carbons (Fsp3) is 0.522. The van der Waals surface area contributed by atoms with Gasteiger partial charge in [0.1, 0.15) is 6.54 Å². The number of rotatable bonds is 8. The normalized spacial score (nSPS) is 19.6. The molecule has 2 aliphatic rings. The van der Waals surface area contributed by atoms with Crippen LogP contribution in [0.2, 0.25) is 5.02 Å². The predicted octanol–water partition coefficient (Wildman–Crippen LogP) is 2.71. The molecule has 31 heavy (non-hydrogen) atoms. The molecule has 168 valence electrons. The van der Waals surface area contributed by atoms with Gasteiger partial charge in [-0.15, -0.1) is 0 Å². The Hall–Kier alpha value is -2.38. The Labute approximate surface area is 188 Å². The van der Waals surface area contributed by atoms with E-state index in [1.54, 1.807) is 26.0 Å². The summed E-state index contributed by atoms with van der Waals surface area (Å²) in [5.74, 6) is -1.33. The lowest BCUT2D eigenvalue weighted by Crippen LogP contribution is -2.45. The van der Waals surface area contributed by atoms with Crippen LogP contribution in [0.4, 0.5) is 0 Å². The highest BCUT2D eigenvalue weighted by Gasteiger charge is 2.37. The Morgan fingerprint density at radius 2 is 1.87 bits per heavy atom. The number of esters is 1. The van der Waals surface area contributed by atoms with E-state index in [4.69, 9.17) is 16.3 Å². The zero-order chi connectivity index (χ0) is 22.4. The summed E-state index contributed by atoms with van der Waals surface area (Å²) in [6.45, 7) is 7.04. The van der Waals surface area contributed by atoms with Crippen molar-refractivity contribution >= 4 is 29.4 Å². The van der Waals surface area contributed by atoms with E-state index in [9.17, 15) is 14.4 Å². The first-order valence-corrected chi connectivity index (χ1v) is 11.2. The SMILES string of the molecule is CCOC(=O)C1=C(C)N(CC(=O)NCCN2CCCC2)C(=O)CC1c1ccc(Cl)cc1. The minimum absolute atomic E-state index is 0.0914. The minimum Gasteiger partial charge on any atom is -0.463 e. The predicted molar refractivity (Wildman–Crippen MR) is 119 cm³/mol. The first-order chi connectivity index (χ1) is 14.9. The second-order valence-electron chi connectivity index (χ2n) is 7.91. The third-order valence-electron chi connectivity index (χ3n) is 5.84. The first kappa shape index (κ1) is 23.3. The quantitative estimate of drug-likeness (QED) is 0.620. The molecule has 0 bridgehead atoms. The summed E-state index contributed by atoms with van der Waals surface area (Å²) in [5.41, 5.74) is 1.69. The Balaban J connectivity index is 1.75. The van der Waals surface area contributed by atoms with Crippen molar-refractivity contribution in [3.05, 3.63) is 46.1 Å². The highest BCUT2D eigenvalue weighted by atomic mass is 35.5. The Morgan fingerprint density at radius 3 is 2.52 bits per heavy atom. The monoisotopic (exact) mass is 447 g/mol. The molecule has 1 N–H and O–H groups in total. The molecule has 1 unspecified atom stereocenters. The van der Waals surface area contributed by atoms with Crippen LogP contribution in [0.3, 0.4) is 0 Å². The highest BCUT2D eigenvalue weighted by molar-refractivity contribution is 6.30. The van der Waals surface area contributed by atoms with Gasteiger partial charge < -0.3 is 19.9 Å². The Morgan fingerprint density at radius 1 is 1.19 bits per heavy atom. The molecule has 3 rings (SSSR count). The maximum atomic E-state index is 12.9. The minimum atomic E-state index is -0.466. The van der Waals surface area contributed by atoms with Gasteiger partial charge in [0.25, 0.3) is 0 Å². The number of hydrogen-bond acceptors (Lipinski definition) is 5. The summed E-state index contributed by atoms with van der Waals surface area (Å²) in [5, 5.41) is 3.47. The molecule has 7 nitrogen and oxygen atoms in total. The van der Waals surface area contributed by atoms with Crippen molar-refractivity contribution in [2.24, 2.45) is 0 Å². The Bertz CT molecular complexity index is 847. The summed E-state index contributed by atoms with van der Waals surface area (Å²) in [7, 11) is 0. The molecular weight excluding hydrogens is 418 g/mol. The summed E-state index contributed by atoms with van der Waals surface area (Å²) in [6.07, 6.45) is 2.49. The molecule has 0 spiro atoms. The molecule has 1 aromatic carbocycles. The zero-order valence-electron chi connectivity index (χ0n) is 18.2. The summed E-state index contributed by atoms with van der Waals surface area (Å²) < 4.78 is 5.27. The van der Waals surface area contributed by atoms with Crippen molar-refractivity contribution in [1.29, 1.82) is 0 Å². The van der Waals surface area contributed by atoms with Gasteiger partial charge in [-0.1, -0.05) is 23.7 Å². The third-order valence-corrected chi connectivity index (χ3v) is 6.09. The smallest absolute Gasteiger partial charge is 0.336 e. The van der Waals surface area contributed by atoms with Gasteiger partial charge in [-0.3, -0.25) is 9.59 Å². The van der Waals surface area contributed by atoms with Crippen LogP contribution in [0.1, 0.15) is 44.6 Å². The molecule has 1 fully saturated rings. The van der Waals surface area contributed by atoms with Gasteiger partial charge in [-0.2, -0.15) is 0 Å². The van der Waals surface area contributed by atoms with Gasteiger partial charge in [-0.05, 0) is 57.5 Å². The zero-order valence-corrected chi connectivity index (χ0v) is 18.9. The Kier molecular flexibility index (Phi) is 8.09. The molecule has 0 saturated carbocycles. The van der Waals surface area contributed by atoms with Gasteiger partial charge in [0.05, 0.1) is 12.2 Å². The van der Waals surface area contributed by atoms with Crippen molar-refractivity contribution < 1.29 is 19.1 Å². The molecule has 1 aromatic rings. The van der Waals surface area contributed by atoms with Gasteiger partial charge in [0.2, 0.25) is 11.8 Å². The summed E-state index contributed by atoms with van der Waals surface area (Å²) in [4.78, 5) is 41.9. The van der Waals surface area contributed by atoms with Crippen LogP contribution in [0.25, 0.3) is 0 Å². The first-order valence-electron chi connectivity index (χ1n) is 10.8. The van der Waals surface area contributed by atoms with Crippen molar-refractivity contribution in [2.75, 3.05) is 39.3 Å². The third kappa shape index (κ3) is 5.86. The molecule has 2 amide bonds. The average Bonchev–Trinajstić information content (AvgIpc) is 3.25. The number of likely N-dealkylation sites (tertiary alicyclic amines) is 1. The molecule has 0 aliphatic carbocycles. The number of nitrogens with one attached hydrogen (secondary N) is 1. The number of nitrogens with zero attached hydrogens (tertiary/aromatic N) is 2. The van der Waals surface area contributed by atoms with E-state index in [2.05, 4.69) is 10.2 Å². The fourth-order valence-corrected chi connectivity index (χ4v) is 4.34. The van der Waals surface area contributed by atoms with Gasteiger partial charge in [0.15, 0.2) is 0 Å². The number of hydrogen-bond donors (Lipinski definition) is 1. The number of ether oxygens (including phenoxy) is 1. The lowest BCUT2D eigenvalue weighted by atomic mass is 9.83. The van der Waals surface area contributed by atoms with Crippen molar-refractivity contribution in [3.8, 4) is 0 Å². The fourth-order valence-electron chi connectivity index (χ4n) is 4.22. The molecule has 0 radical (unpaired) electrons. The highest BCUT2D eigenvalue weighted by Crippen LogP contribution is 2.37. The number of benzene rings is 1. The van der Waals surface area contributed by atoms with Crippen LogP contribution in [0.5, 0.6) is 0 Å².